The third kappa shape index (κ3) is 9.00. The molecule has 9 N–H and O–H groups in total. The fraction of sp³-hybridized carbons (Fsp3) is 0.500. The van der Waals surface area contributed by atoms with E-state index in [4.69, 9.17) is 4.74 Å². The molecule has 1 fully saturated rings. The van der Waals surface area contributed by atoms with Gasteiger partial charge in [-0.1, -0.05) is 6.07 Å². The van der Waals surface area contributed by atoms with Crippen molar-refractivity contribution in [1.82, 2.24) is 9.55 Å². The highest BCUT2D eigenvalue weighted by molar-refractivity contribution is 7.99. The first-order chi connectivity index (χ1) is 19.6. The first kappa shape index (κ1) is 34.0. The van der Waals surface area contributed by atoms with E-state index in [0.717, 1.165) is 5.56 Å². The molecule has 3 rings (SSSR count). The van der Waals surface area contributed by atoms with Gasteiger partial charge in [0.25, 0.3) is 0 Å². The van der Waals surface area contributed by atoms with Crippen molar-refractivity contribution in [2.24, 2.45) is 0 Å². The lowest BCUT2D eigenvalue weighted by molar-refractivity contribution is -0.152. The van der Waals surface area contributed by atoms with E-state index in [0.29, 0.717) is 29.9 Å². The maximum Gasteiger partial charge on any atom is 0.360 e. The summed E-state index contributed by atoms with van der Waals surface area (Å²) in [5.74, 6) is -1.98. The standard InChI is InChI=1S/C22H31N3O14P2S/c26-13(19-17(28)18(29)21(31)39-19)11-38-7-2-6-25-16(27)9-14(20(25)30)42-8-1-3-12-4-5-15(23-10-12)24-22(40(32,33)34)41(35,36)37/h4-5,9-10,13,18-19,22,26-27,29-30H,1-3,6-8,11H2,(H,23,24)(H2,32,33,34)(H2,35,36,37)/t13-,18?,19?/m0/s1. The van der Waals surface area contributed by atoms with Crippen molar-refractivity contribution in [3.05, 3.63) is 30.0 Å². The summed E-state index contributed by atoms with van der Waals surface area (Å²) in [5, 5.41) is 42.0. The zero-order valence-corrected chi connectivity index (χ0v) is 24.4. The number of pyridine rings is 1. The molecule has 0 spiro atoms. The van der Waals surface area contributed by atoms with E-state index < -0.39 is 50.8 Å². The summed E-state index contributed by atoms with van der Waals surface area (Å²) in [4.78, 5) is 64.0. The molecule has 1 aliphatic rings. The average molecular weight is 656 g/mol. The number of cyclic esters (lactones) is 1. The van der Waals surface area contributed by atoms with Crippen LogP contribution in [0.25, 0.3) is 0 Å². The predicted octanol–water partition coefficient (Wildman–Crippen LogP) is -0.307. The van der Waals surface area contributed by atoms with Crippen LogP contribution >= 0.6 is 27.0 Å². The number of aryl methyl sites for hydroxylation is 1. The lowest BCUT2D eigenvalue weighted by Crippen LogP contribution is -2.37. The number of rotatable bonds is 16. The normalized spacial score (nSPS) is 18.5. The summed E-state index contributed by atoms with van der Waals surface area (Å²) >= 11 is 1.29. The van der Waals surface area contributed by atoms with E-state index >= 15 is 0 Å². The molecule has 2 aromatic rings. The molecule has 0 amide bonds. The molecular formula is C22H31N3O14P2S. The van der Waals surface area contributed by atoms with Crippen molar-refractivity contribution in [3.63, 3.8) is 0 Å². The second-order valence-corrected chi connectivity index (χ2v) is 14.1. The Balaban J connectivity index is 1.39. The summed E-state index contributed by atoms with van der Waals surface area (Å²) in [5.41, 5.74) is -1.67. The SMILES string of the molecule is O=C1OC([C@@H](O)COCCCn2c(O)cc(SCCCc3ccc(NC(P(=O)(O)O)P(=O)(O)O)nc3)c2O)C(=O)C1O. The monoisotopic (exact) mass is 655 g/mol. The van der Waals surface area contributed by atoms with Crippen molar-refractivity contribution in [3.8, 4) is 11.8 Å². The Kier molecular flexibility index (Phi) is 11.6. The third-order valence-electron chi connectivity index (χ3n) is 5.94. The van der Waals surface area contributed by atoms with E-state index in [1.807, 2.05) is 0 Å². The van der Waals surface area contributed by atoms with E-state index in [9.17, 15) is 58.7 Å². The Bertz CT molecular complexity index is 1320. The second-order valence-electron chi connectivity index (χ2n) is 9.20. The molecule has 1 saturated heterocycles. The maximum atomic E-state index is 11.7. The molecule has 0 bridgehead atoms. The number of aliphatic hydroxyl groups is 2. The van der Waals surface area contributed by atoms with Crippen LogP contribution in [0.4, 0.5) is 5.82 Å². The molecule has 2 unspecified atom stereocenters. The number of esters is 1. The molecule has 234 valence electrons. The number of hydrogen-bond acceptors (Lipinski definition) is 13. The lowest BCUT2D eigenvalue weighted by Gasteiger charge is -2.21. The minimum absolute atomic E-state index is 0.0790. The van der Waals surface area contributed by atoms with Gasteiger partial charge in [0.15, 0.2) is 12.0 Å². The van der Waals surface area contributed by atoms with Gasteiger partial charge in [-0.05, 0) is 36.6 Å². The Morgan fingerprint density at radius 2 is 1.81 bits per heavy atom. The van der Waals surface area contributed by atoms with Crippen molar-refractivity contribution in [1.29, 1.82) is 0 Å². The molecule has 42 heavy (non-hydrogen) atoms. The minimum atomic E-state index is -5.16. The van der Waals surface area contributed by atoms with Crippen LogP contribution in [0.2, 0.25) is 0 Å². The van der Waals surface area contributed by atoms with Gasteiger partial charge in [-0.15, -0.1) is 11.8 Å². The molecule has 3 atom stereocenters. The first-order valence-corrected chi connectivity index (χ1v) is 16.7. The summed E-state index contributed by atoms with van der Waals surface area (Å²) in [7, 11) is -10.3. The highest BCUT2D eigenvalue weighted by atomic mass is 32.2. The summed E-state index contributed by atoms with van der Waals surface area (Å²) in [6.45, 7) is -0.0891. The predicted molar refractivity (Wildman–Crippen MR) is 145 cm³/mol. The molecule has 2 aromatic heterocycles. The van der Waals surface area contributed by atoms with Crippen LogP contribution in [0.3, 0.4) is 0 Å². The molecule has 17 nitrogen and oxygen atoms in total. The van der Waals surface area contributed by atoms with Gasteiger partial charge in [-0.3, -0.25) is 18.5 Å². The molecule has 0 saturated carbocycles. The number of aromatic nitrogens is 2. The number of nitrogens with one attached hydrogen (secondary N) is 1. The fourth-order valence-corrected chi connectivity index (χ4v) is 6.95. The van der Waals surface area contributed by atoms with Crippen LogP contribution < -0.4 is 5.32 Å². The number of thioether (sulfide) groups is 1. The van der Waals surface area contributed by atoms with Gasteiger partial charge in [-0.2, -0.15) is 0 Å². The number of hydrogen-bond donors (Lipinski definition) is 9. The van der Waals surface area contributed by atoms with Gasteiger partial charge < -0.3 is 54.8 Å². The zero-order chi connectivity index (χ0) is 31.2. The number of ether oxygens (including phenoxy) is 2. The Morgan fingerprint density at radius 3 is 2.38 bits per heavy atom. The molecule has 20 heteroatoms. The number of carbonyl (C=O) groups is 2. The van der Waals surface area contributed by atoms with Crippen LogP contribution in [0.5, 0.6) is 11.8 Å². The number of anilines is 1. The van der Waals surface area contributed by atoms with E-state index in [2.05, 4.69) is 15.0 Å². The summed E-state index contributed by atoms with van der Waals surface area (Å²) in [6, 6.07) is 4.32. The Labute approximate surface area is 242 Å². The van der Waals surface area contributed by atoms with Crippen molar-refractivity contribution < 1.29 is 68.2 Å². The Morgan fingerprint density at radius 1 is 1.12 bits per heavy atom. The van der Waals surface area contributed by atoms with E-state index in [-0.39, 0.29) is 37.3 Å². The van der Waals surface area contributed by atoms with Crippen molar-refractivity contribution >= 4 is 44.5 Å². The van der Waals surface area contributed by atoms with E-state index in [1.165, 1.54) is 34.7 Å². The average Bonchev–Trinajstić information content (AvgIpc) is 3.32. The molecular weight excluding hydrogens is 624 g/mol. The van der Waals surface area contributed by atoms with Crippen molar-refractivity contribution in [2.45, 2.75) is 54.5 Å². The number of aliphatic hydroxyl groups excluding tert-OH is 2. The third-order valence-corrected chi connectivity index (χ3v) is 10.4. The topological polar surface area (TPSA) is 278 Å². The van der Waals surface area contributed by atoms with E-state index in [1.54, 1.807) is 6.07 Å². The lowest BCUT2D eigenvalue weighted by atomic mass is 10.1. The van der Waals surface area contributed by atoms with Gasteiger partial charge in [0.05, 0.1) is 11.5 Å². The number of aromatic hydroxyl groups is 2. The van der Waals surface area contributed by atoms with Crippen molar-refractivity contribution in [2.75, 3.05) is 24.3 Å². The van der Waals surface area contributed by atoms with Crippen LogP contribution in [-0.4, -0.2) is 104 Å². The zero-order valence-electron chi connectivity index (χ0n) is 21.8. The number of ketones is 1. The summed E-state index contributed by atoms with van der Waals surface area (Å²) < 4.78 is 33.9. The molecule has 1 aliphatic heterocycles. The molecule has 0 radical (unpaired) electrons. The molecule has 3 heterocycles. The number of Topliss-reactive ketones (excluding diaryl/α,β-unsaturated/α-hetero) is 1. The van der Waals surface area contributed by atoms with Gasteiger partial charge in [0.2, 0.25) is 23.3 Å². The molecule has 0 aliphatic carbocycles. The minimum Gasteiger partial charge on any atom is -0.494 e. The van der Waals surface area contributed by atoms with Crippen LogP contribution in [-0.2, 0) is 41.2 Å². The van der Waals surface area contributed by atoms with Crippen LogP contribution in [0, 0.1) is 0 Å². The largest absolute Gasteiger partial charge is 0.494 e. The molecule has 0 aromatic carbocycles. The fourth-order valence-electron chi connectivity index (χ4n) is 3.84. The highest BCUT2D eigenvalue weighted by Gasteiger charge is 2.46. The smallest absolute Gasteiger partial charge is 0.360 e. The van der Waals surface area contributed by atoms with Gasteiger partial charge in [0, 0.05) is 25.4 Å². The maximum absolute atomic E-state index is 11.7. The van der Waals surface area contributed by atoms with Crippen LogP contribution in [0.1, 0.15) is 18.4 Å². The highest BCUT2D eigenvalue weighted by Crippen LogP contribution is 2.59. The first-order valence-electron chi connectivity index (χ1n) is 12.3. The van der Waals surface area contributed by atoms with Crippen LogP contribution in [0.15, 0.2) is 29.3 Å². The second kappa shape index (κ2) is 14.3. The summed E-state index contributed by atoms with van der Waals surface area (Å²) in [6.07, 6.45) is -2.01. The number of nitrogens with zero attached hydrogens (tertiary/aromatic N) is 2. The van der Waals surface area contributed by atoms with Gasteiger partial charge >= 0.3 is 21.2 Å². The van der Waals surface area contributed by atoms with Gasteiger partial charge in [0.1, 0.15) is 11.9 Å². The Hall–Kier alpha value is -2.50. The van der Waals surface area contributed by atoms with Gasteiger partial charge in [-0.25, -0.2) is 9.78 Å². The number of carbonyl (C=O) groups excluding carboxylic acids is 2. The quantitative estimate of drug-likeness (QED) is 0.0369.